The summed E-state index contributed by atoms with van der Waals surface area (Å²) >= 11 is 0. The van der Waals surface area contributed by atoms with Crippen LogP contribution < -0.4 is 21.3 Å². The standard InChI is InChI=1S/C27H20F3N5O4/c28-27(29,30)39-22-11-17(20-10-18-8-9-31-24(18)32-14-20)6-7-19(22)13-33-25(37)21-12-23(36)35(26(38)34-21)15-16-4-2-1-3-5-16/h1-12,14H,13,15H2,(H,31,32)(H,33,37)(H,34,38). The predicted molar refractivity (Wildman–Crippen MR) is 136 cm³/mol. The molecule has 198 valence electrons. The number of H-pyrrole nitrogens is 2. The van der Waals surface area contributed by atoms with E-state index in [1.54, 1.807) is 54.7 Å². The van der Waals surface area contributed by atoms with E-state index in [9.17, 15) is 27.6 Å². The fourth-order valence-electron chi connectivity index (χ4n) is 4.03. The molecule has 0 atom stereocenters. The molecule has 0 aliphatic carbocycles. The zero-order chi connectivity index (χ0) is 27.6. The van der Waals surface area contributed by atoms with Crippen molar-refractivity contribution < 1.29 is 22.7 Å². The first kappa shape index (κ1) is 25.5. The zero-order valence-corrected chi connectivity index (χ0v) is 20.1. The third-order valence-electron chi connectivity index (χ3n) is 5.91. The van der Waals surface area contributed by atoms with E-state index >= 15 is 0 Å². The number of rotatable bonds is 7. The Labute approximate surface area is 217 Å². The number of nitrogens with one attached hydrogen (secondary N) is 3. The van der Waals surface area contributed by atoms with E-state index in [0.717, 1.165) is 16.0 Å². The SMILES string of the molecule is O=C(NCc1ccc(-c2cnc3[nH]ccc3c2)cc1OC(F)(F)F)c1cc(=O)n(Cc2ccccc2)c(=O)[nH]1. The number of aromatic amines is 2. The van der Waals surface area contributed by atoms with Gasteiger partial charge in [-0.3, -0.25) is 14.2 Å². The molecule has 3 N–H and O–H groups in total. The molecule has 0 radical (unpaired) electrons. The Balaban J connectivity index is 1.36. The van der Waals surface area contributed by atoms with Crippen molar-refractivity contribution in [1.82, 2.24) is 24.8 Å². The second kappa shape index (κ2) is 10.3. The Kier molecular flexibility index (Phi) is 6.75. The lowest BCUT2D eigenvalue weighted by molar-refractivity contribution is -0.274. The highest BCUT2D eigenvalue weighted by molar-refractivity contribution is 5.92. The highest BCUT2D eigenvalue weighted by Gasteiger charge is 2.32. The molecule has 5 aromatic rings. The first-order chi connectivity index (χ1) is 18.7. The van der Waals surface area contributed by atoms with Gasteiger partial charge in [-0.25, -0.2) is 9.78 Å². The summed E-state index contributed by atoms with van der Waals surface area (Å²) in [5, 5.41) is 3.20. The summed E-state index contributed by atoms with van der Waals surface area (Å²) in [7, 11) is 0. The van der Waals surface area contributed by atoms with E-state index in [1.165, 1.54) is 18.3 Å². The normalized spacial score (nSPS) is 11.5. The molecule has 39 heavy (non-hydrogen) atoms. The minimum Gasteiger partial charge on any atom is -0.405 e. The smallest absolute Gasteiger partial charge is 0.405 e. The molecule has 0 aliphatic rings. The molecular weight excluding hydrogens is 515 g/mol. The molecule has 3 aromatic heterocycles. The highest BCUT2D eigenvalue weighted by atomic mass is 19.4. The molecule has 0 bridgehead atoms. The number of ether oxygens (including phenoxy) is 1. The summed E-state index contributed by atoms with van der Waals surface area (Å²) in [5.41, 5.74) is 0.545. The fourth-order valence-corrected chi connectivity index (χ4v) is 4.03. The molecule has 1 amide bonds. The molecular formula is C27H20F3N5O4. The van der Waals surface area contributed by atoms with E-state index in [-0.39, 0.29) is 24.3 Å². The van der Waals surface area contributed by atoms with E-state index in [2.05, 4.69) is 25.0 Å². The summed E-state index contributed by atoms with van der Waals surface area (Å²) in [4.78, 5) is 47.2. The number of carbonyl (C=O) groups is 1. The van der Waals surface area contributed by atoms with Gasteiger partial charge in [-0.15, -0.1) is 13.2 Å². The van der Waals surface area contributed by atoms with Gasteiger partial charge in [0.05, 0.1) is 6.54 Å². The lowest BCUT2D eigenvalue weighted by Crippen LogP contribution is -2.38. The second-order valence-electron chi connectivity index (χ2n) is 8.59. The van der Waals surface area contributed by atoms with Gasteiger partial charge in [-0.05, 0) is 29.3 Å². The van der Waals surface area contributed by atoms with Crippen LogP contribution in [0.1, 0.15) is 21.6 Å². The Bertz CT molecular complexity index is 1740. The number of hydrogen-bond acceptors (Lipinski definition) is 5. The molecule has 3 heterocycles. The minimum atomic E-state index is -4.98. The Morgan fingerprint density at radius 2 is 1.79 bits per heavy atom. The topological polar surface area (TPSA) is 122 Å². The van der Waals surface area contributed by atoms with Crippen LogP contribution in [0.3, 0.4) is 0 Å². The van der Waals surface area contributed by atoms with Crippen LogP contribution >= 0.6 is 0 Å². The van der Waals surface area contributed by atoms with Crippen molar-refractivity contribution in [3.05, 3.63) is 117 Å². The lowest BCUT2D eigenvalue weighted by Gasteiger charge is -2.15. The van der Waals surface area contributed by atoms with E-state index in [1.807, 2.05) is 0 Å². The molecule has 0 fully saturated rings. The van der Waals surface area contributed by atoms with Crippen molar-refractivity contribution in [3.63, 3.8) is 0 Å². The average molecular weight is 535 g/mol. The number of aromatic nitrogens is 4. The van der Waals surface area contributed by atoms with Crippen LogP contribution in [0.2, 0.25) is 0 Å². The molecule has 0 unspecified atom stereocenters. The maximum Gasteiger partial charge on any atom is 0.573 e. The number of fused-ring (bicyclic) bond motifs is 1. The number of nitrogens with zero attached hydrogens (tertiary/aromatic N) is 2. The fraction of sp³-hybridized carbons (Fsp3) is 0.111. The molecule has 5 rings (SSSR count). The van der Waals surface area contributed by atoms with E-state index < -0.39 is 29.3 Å². The van der Waals surface area contributed by atoms with Crippen LogP contribution in [-0.2, 0) is 13.1 Å². The van der Waals surface area contributed by atoms with Crippen molar-refractivity contribution >= 4 is 16.9 Å². The van der Waals surface area contributed by atoms with Crippen molar-refractivity contribution in [2.75, 3.05) is 0 Å². The van der Waals surface area contributed by atoms with Crippen LogP contribution in [-0.4, -0.2) is 31.8 Å². The van der Waals surface area contributed by atoms with Gasteiger partial charge in [0.2, 0.25) is 0 Å². The third kappa shape index (κ3) is 5.90. The highest BCUT2D eigenvalue weighted by Crippen LogP contribution is 2.32. The van der Waals surface area contributed by atoms with E-state index in [4.69, 9.17) is 0 Å². The van der Waals surface area contributed by atoms with Crippen molar-refractivity contribution in [2.24, 2.45) is 0 Å². The predicted octanol–water partition coefficient (Wildman–Crippen LogP) is 3.96. The van der Waals surface area contributed by atoms with Crippen LogP contribution in [0.5, 0.6) is 5.75 Å². The molecule has 0 saturated heterocycles. The van der Waals surface area contributed by atoms with Gasteiger partial charge in [0, 0.05) is 41.5 Å². The minimum absolute atomic E-state index is 0.00787. The van der Waals surface area contributed by atoms with Gasteiger partial charge >= 0.3 is 12.1 Å². The molecule has 0 aliphatic heterocycles. The lowest BCUT2D eigenvalue weighted by atomic mass is 10.0. The van der Waals surface area contributed by atoms with Crippen LogP contribution in [0, 0.1) is 0 Å². The Morgan fingerprint density at radius 3 is 2.54 bits per heavy atom. The first-order valence-corrected chi connectivity index (χ1v) is 11.6. The number of alkyl halides is 3. The van der Waals surface area contributed by atoms with Crippen LogP contribution in [0.15, 0.2) is 88.7 Å². The van der Waals surface area contributed by atoms with Gasteiger partial charge in [0.25, 0.3) is 11.5 Å². The van der Waals surface area contributed by atoms with Crippen molar-refractivity contribution in [2.45, 2.75) is 19.5 Å². The Morgan fingerprint density at radius 1 is 1.00 bits per heavy atom. The largest absolute Gasteiger partial charge is 0.573 e. The number of halogens is 3. The second-order valence-corrected chi connectivity index (χ2v) is 8.59. The summed E-state index contributed by atoms with van der Waals surface area (Å²) in [5.74, 6) is -1.36. The van der Waals surface area contributed by atoms with Crippen molar-refractivity contribution in [3.8, 4) is 16.9 Å². The summed E-state index contributed by atoms with van der Waals surface area (Å²) in [6.45, 7) is -0.358. The molecule has 0 saturated carbocycles. The molecule has 12 heteroatoms. The number of carbonyl (C=O) groups excluding carboxylic acids is 1. The third-order valence-corrected chi connectivity index (χ3v) is 5.91. The van der Waals surface area contributed by atoms with Gasteiger partial charge in [0.1, 0.15) is 17.1 Å². The monoisotopic (exact) mass is 535 g/mol. The Hall–Kier alpha value is -5.13. The number of benzene rings is 2. The van der Waals surface area contributed by atoms with E-state index in [0.29, 0.717) is 22.3 Å². The molecule has 0 spiro atoms. The van der Waals surface area contributed by atoms with Gasteiger partial charge in [-0.2, -0.15) is 0 Å². The number of hydrogen-bond donors (Lipinski definition) is 3. The summed E-state index contributed by atoms with van der Waals surface area (Å²) in [6.07, 6.45) is -1.76. The number of pyridine rings is 1. The summed E-state index contributed by atoms with van der Waals surface area (Å²) in [6, 6.07) is 17.5. The zero-order valence-electron chi connectivity index (χ0n) is 20.1. The van der Waals surface area contributed by atoms with Gasteiger partial charge < -0.3 is 20.0 Å². The molecule has 9 nitrogen and oxygen atoms in total. The quantitative estimate of drug-likeness (QED) is 0.291. The van der Waals surface area contributed by atoms with Crippen LogP contribution in [0.4, 0.5) is 13.2 Å². The summed E-state index contributed by atoms with van der Waals surface area (Å²) < 4.78 is 44.7. The van der Waals surface area contributed by atoms with Gasteiger partial charge in [-0.1, -0.05) is 42.5 Å². The van der Waals surface area contributed by atoms with Gasteiger partial charge in [0.15, 0.2) is 0 Å². The van der Waals surface area contributed by atoms with Crippen molar-refractivity contribution in [1.29, 1.82) is 0 Å². The molecule has 2 aromatic carbocycles. The maximum atomic E-state index is 13.2. The number of amides is 1. The average Bonchev–Trinajstić information content (AvgIpc) is 3.37. The first-order valence-electron chi connectivity index (χ1n) is 11.6. The van der Waals surface area contributed by atoms with Crippen LogP contribution in [0.25, 0.3) is 22.2 Å². The maximum absolute atomic E-state index is 13.2.